The molecule has 0 aliphatic carbocycles. The molecule has 0 aliphatic heterocycles. The van der Waals surface area contributed by atoms with Crippen LogP contribution in [0.3, 0.4) is 0 Å². The molecule has 0 aliphatic rings. The van der Waals surface area contributed by atoms with Gasteiger partial charge in [-0.2, -0.15) is 13.2 Å². The van der Waals surface area contributed by atoms with Crippen molar-refractivity contribution < 1.29 is 13.2 Å². The van der Waals surface area contributed by atoms with E-state index in [2.05, 4.69) is 15.3 Å². The third-order valence-corrected chi connectivity index (χ3v) is 4.63. The standard InChI is InChI=1S/C18H23F3N4S.HI/c1-4-22-17(23-10-9-16-24-11-13(2)26-16)25(3)12-14-5-7-15(8-6-14)18(19,20)21;/h5-8,11H,4,9-10,12H2,1-3H3,(H,22,23);1H. The quantitative estimate of drug-likeness (QED) is 0.346. The van der Waals surface area contributed by atoms with Gasteiger partial charge in [0.25, 0.3) is 0 Å². The number of nitrogens with one attached hydrogen (secondary N) is 1. The largest absolute Gasteiger partial charge is 0.416 e. The monoisotopic (exact) mass is 512 g/mol. The zero-order valence-electron chi connectivity index (χ0n) is 15.5. The summed E-state index contributed by atoms with van der Waals surface area (Å²) in [5.41, 5.74) is 0.157. The van der Waals surface area contributed by atoms with Crippen molar-refractivity contribution in [1.82, 2.24) is 15.2 Å². The molecular formula is C18H24F3IN4S. The molecule has 0 fully saturated rings. The number of halogens is 4. The predicted molar refractivity (Wildman–Crippen MR) is 115 cm³/mol. The number of hydrogen-bond acceptors (Lipinski definition) is 3. The van der Waals surface area contributed by atoms with Crippen LogP contribution in [0.15, 0.2) is 35.5 Å². The molecule has 0 saturated carbocycles. The highest BCUT2D eigenvalue weighted by atomic mass is 127. The molecule has 1 aromatic heterocycles. The van der Waals surface area contributed by atoms with Crippen LogP contribution in [0.25, 0.3) is 0 Å². The summed E-state index contributed by atoms with van der Waals surface area (Å²) in [5.74, 6) is 0.723. The lowest BCUT2D eigenvalue weighted by Gasteiger charge is -2.22. The molecule has 0 unspecified atom stereocenters. The molecule has 0 bridgehead atoms. The lowest BCUT2D eigenvalue weighted by Crippen LogP contribution is -2.38. The van der Waals surface area contributed by atoms with Crippen LogP contribution in [-0.2, 0) is 19.1 Å². The molecule has 150 valence electrons. The molecule has 0 spiro atoms. The first-order valence-electron chi connectivity index (χ1n) is 8.36. The second-order valence-electron chi connectivity index (χ2n) is 5.90. The molecule has 4 nitrogen and oxygen atoms in total. The summed E-state index contributed by atoms with van der Waals surface area (Å²) >= 11 is 1.66. The first-order valence-corrected chi connectivity index (χ1v) is 9.18. The number of aryl methyl sites for hydroxylation is 1. The number of guanidine groups is 1. The normalized spacial score (nSPS) is 11.9. The topological polar surface area (TPSA) is 40.5 Å². The fraction of sp³-hybridized carbons (Fsp3) is 0.444. The Labute approximate surface area is 178 Å². The number of rotatable bonds is 6. The first-order chi connectivity index (χ1) is 12.3. The average molecular weight is 512 g/mol. The van der Waals surface area contributed by atoms with Gasteiger partial charge in [0, 0.05) is 44.2 Å². The summed E-state index contributed by atoms with van der Waals surface area (Å²) in [7, 11) is 1.87. The third kappa shape index (κ3) is 7.65. The van der Waals surface area contributed by atoms with Gasteiger partial charge >= 0.3 is 6.18 Å². The third-order valence-electron chi connectivity index (χ3n) is 3.65. The number of nitrogens with zero attached hydrogens (tertiary/aromatic N) is 3. The van der Waals surface area contributed by atoms with Crippen LogP contribution in [0.4, 0.5) is 13.2 Å². The summed E-state index contributed by atoms with van der Waals surface area (Å²) in [6.45, 7) is 5.79. The van der Waals surface area contributed by atoms with E-state index in [1.165, 1.54) is 17.0 Å². The van der Waals surface area contributed by atoms with Gasteiger partial charge in [0.2, 0.25) is 0 Å². The van der Waals surface area contributed by atoms with Gasteiger partial charge in [-0.1, -0.05) is 12.1 Å². The van der Waals surface area contributed by atoms with Gasteiger partial charge in [-0.3, -0.25) is 4.99 Å². The van der Waals surface area contributed by atoms with Crippen molar-refractivity contribution in [3.05, 3.63) is 51.5 Å². The number of aromatic nitrogens is 1. The highest BCUT2D eigenvalue weighted by Gasteiger charge is 2.29. The zero-order chi connectivity index (χ0) is 19.2. The van der Waals surface area contributed by atoms with E-state index in [0.717, 1.165) is 35.1 Å². The van der Waals surface area contributed by atoms with E-state index in [1.54, 1.807) is 11.3 Å². The maximum atomic E-state index is 12.6. The van der Waals surface area contributed by atoms with E-state index < -0.39 is 11.7 Å². The summed E-state index contributed by atoms with van der Waals surface area (Å²) in [6, 6.07) is 5.22. The highest BCUT2D eigenvalue weighted by molar-refractivity contribution is 14.0. The lowest BCUT2D eigenvalue weighted by molar-refractivity contribution is -0.137. The number of hydrogen-bond donors (Lipinski definition) is 1. The van der Waals surface area contributed by atoms with Gasteiger partial charge in [-0.25, -0.2) is 4.98 Å². The fourth-order valence-corrected chi connectivity index (χ4v) is 3.17. The van der Waals surface area contributed by atoms with Gasteiger partial charge in [0.1, 0.15) is 0 Å². The Morgan fingerprint density at radius 2 is 1.93 bits per heavy atom. The van der Waals surface area contributed by atoms with Crippen molar-refractivity contribution in [2.75, 3.05) is 20.1 Å². The van der Waals surface area contributed by atoms with E-state index in [0.29, 0.717) is 19.6 Å². The molecule has 0 saturated heterocycles. The van der Waals surface area contributed by atoms with Crippen molar-refractivity contribution in [3.63, 3.8) is 0 Å². The van der Waals surface area contributed by atoms with E-state index in [9.17, 15) is 13.2 Å². The Kier molecular flexibility index (Phi) is 9.51. The Hall–Kier alpha value is -1.36. The number of thiazole rings is 1. The van der Waals surface area contributed by atoms with Crippen molar-refractivity contribution >= 4 is 41.3 Å². The van der Waals surface area contributed by atoms with Gasteiger partial charge in [-0.15, -0.1) is 35.3 Å². The number of aliphatic imine (C=N–C) groups is 1. The van der Waals surface area contributed by atoms with E-state index in [4.69, 9.17) is 0 Å². The van der Waals surface area contributed by atoms with Crippen molar-refractivity contribution in [2.45, 2.75) is 33.0 Å². The SMILES string of the molecule is CCNC(=NCCc1ncc(C)s1)N(C)Cc1ccc(C(F)(F)F)cc1.I. The Morgan fingerprint density at radius 3 is 2.44 bits per heavy atom. The summed E-state index contributed by atoms with van der Waals surface area (Å²) in [5, 5.41) is 4.26. The molecule has 1 N–H and O–H groups in total. The van der Waals surface area contributed by atoms with Crippen LogP contribution in [0.5, 0.6) is 0 Å². The first kappa shape index (κ1) is 23.7. The van der Waals surface area contributed by atoms with E-state index >= 15 is 0 Å². The minimum Gasteiger partial charge on any atom is -0.357 e. The van der Waals surface area contributed by atoms with Crippen LogP contribution in [-0.4, -0.2) is 36.0 Å². The number of alkyl halides is 3. The van der Waals surface area contributed by atoms with Gasteiger partial charge in [-0.05, 0) is 31.5 Å². The fourth-order valence-electron chi connectivity index (χ4n) is 2.39. The molecule has 1 aromatic carbocycles. The highest BCUT2D eigenvalue weighted by Crippen LogP contribution is 2.29. The second kappa shape index (κ2) is 10.8. The van der Waals surface area contributed by atoms with Gasteiger partial charge < -0.3 is 10.2 Å². The maximum Gasteiger partial charge on any atom is 0.416 e. The molecule has 27 heavy (non-hydrogen) atoms. The summed E-state index contributed by atoms with van der Waals surface area (Å²) in [4.78, 5) is 12.0. The van der Waals surface area contributed by atoms with Crippen molar-refractivity contribution in [1.29, 1.82) is 0 Å². The molecule has 9 heteroatoms. The average Bonchev–Trinajstić information content (AvgIpc) is 2.99. The second-order valence-corrected chi connectivity index (χ2v) is 7.22. The summed E-state index contributed by atoms with van der Waals surface area (Å²) < 4.78 is 37.9. The predicted octanol–water partition coefficient (Wildman–Crippen LogP) is 4.73. The molecule has 0 amide bonds. The van der Waals surface area contributed by atoms with Gasteiger partial charge in [0.15, 0.2) is 5.96 Å². The van der Waals surface area contributed by atoms with Gasteiger partial charge in [0.05, 0.1) is 10.6 Å². The zero-order valence-corrected chi connectivity index (χ0v) is 18.7. The maximum absolute atomic E-state index is 12.6. The minimum absolute atomic E-state index is 0. The number of benzene rings is 1. The van der Waals surface area contributed by atoms with Crippen LogP contribution >= 0.6 is 35.3 Å². The van der Waals surface area contributed by atoms with Crippen molar-refractivity contribution in [3.8, 4) is 0 Å². The molecule has 0 radical (unpaired) electrons. The molecule has 0 atom stereocenters. The van der Waals surface area contributed by atoms with E-state index in [-0.39, 0.29) is 24.0 Å². The Balaban J connectivity index is 0.00000364. The minimum atomic E-state index is -4.31. The van der Waals surface area contributed by atoms with Crippen molar-refractivity contribution in [2.24, 2.45) is 4.99 Å². The molecular weight excluding hydrogens is 488 g/mol. The Bertz CT molecular complexity index is 729. The molecule has 1 heterocycles. The van der Waals surface area contributed by atoms with E-state index in [1.807, 2.05) is 32.0 Å². The molecule has 2 rings (SSSR count). The summed E-state index contributed by atoms with van der Waals surface area (Å²) in [6.07, 6.45) is -1.69. The smallest absolute Gasteiger partial charge is 0.357 e. The lowest BCUT2D eigenvalue weighted by atomic mass is 10.1. The molecule has 2 aromatic rings. The van der Waals surface area contributed by atoms with Crippen LogP contribution < -0.4 is 5.32 Å². The van der Waals surface area contributed by atoms with Crippen LogP contribution in [0, 0.1) is 6.92 Å². The van der Waals surface area contributed by atoms with Crippen LogP contribution in [0.1, 0.15) is 27.9 Å². The Morgan fingerprint density at radius 1 is 1.26 bits per heavy atom. The van der Waals surface area contributed by atoms with Crippen LogP contribution in [0.2, 0.25) is 0 Å².